The average molecular weight is 294 g/mol. The Kier molecular flexibility index (Phi) is 7.19. The first-order chi connectivity index (χ1) is 9.87. The molecule has 0 aliphatic heterocycles. The molecule has 0 heterocycles. The van der Waals surface area contributed by atoms with Crippen LogP contribution in [-0.2, 0) is 14.3 Å². The monoisotopic (exact) mass is 294 g/mol. The van der Waals surface area contributed by atoms with Gasteiger partial charge in [0.1, 0.15) is 0 Å². The summed E-state index contributed by atoms with van der Waals surface area (Å²) >= 11 is 0. The summed E-state index contributed by atoms with van der Waals surface area (Å²) in [5.41, 5.74) is 6.87. The zero-order chi connectivity index (χ0) is 15.7. The minimum atomic E-state index is -0.138. The maximum absolute atomic E-state index is 11.7. The fourth-order valence-corrected chi connectivity index (χ4v) is 1.68. The number of hydrogen-bond donors (Lipinski definition) is 2. The summed E-state index contributed by atoms with van der Waals surface area (Å²) in [4.78, 5) is 11.7. The maximum Gasteiger partial charge on any atom is 0.224 e. The van der Waals surface area contributed by atoms with Gasteiger partial charge in [-0.05, 0) is 45.4 Å². The number of carbonyl (C=O) groups excluding carboxylic acids is 1. The molecular weight excluding hydrogens is 268 g/mol. The van der Waals surface area contributed by atoms with Crippen LogP contribution in [0.3, 0.4) is 0 Å². The molecule has 1 amide bonds. The summed E-state index contributed by atoms with van der Waals surface area (Å²) in [5.74, 6) is -0.0323. The van der Waals surface area contributed by atoms with Crippen LogP contribution in [0.25, 0.3) is 0 Å². The van der Waals surface area contributed by atoms with Crippen molar-refractivity contribution in [1.82, 2.24) is 0 Å². The zero-order valence-electron chi connectivity index (χ0n) is 13.1. The van der Waals surface area contributed by atoms with E-state index in [1.807, 2.05) is 32.9 Å². The number of hydrogen-bond acceptors (Lipinski definition) is 4. The molecule has 0 unspecified atom stereocenters. The van der Waals surface area contributed by atoms with Gasteiger partial charge in [-0.15, -0.1) is 0 Å². The molecule has 0 aromatic heterocycles. The average Bonchev–Trinajstić information content (AvgIpc) is 2.36. The molecule has 0 atom stereocenters. The summed E-state index contributed by atoms with van der Waals surface area (Å²) in [6.07, 6.45) is 1.11. The summed E-state index contributed by atoms with van der Waals surface area (Å²) < 4.78 is 11.0. The molecule has 3 N–H and O–H groups in total. The molecule has 0 aliphatic carbocycles. The molecule has 0 radical (unpaired) electrons. The van der Waals surface area contributed by atoms with Gasteiger partial charge in [0.25, 0.3) is 0 Å². The van der Waals surface area contributed by atoms with Crippen molar-refractivity contribution in [2.45, 2.75) is 39.2 Å². The van der Waals surface area contributed by atoms with E-state index in [1.165, 1.54) is 0 Å². The quantitative estimate of drug-likeness (QED) is 0.571. The molecule has 0 aliphatic rings. The summed E-state index contributed by atoms with van der Waals surface area (Å²) in [6.45, 7) is 7.69. The largest absolute Gasteiger partial charge is 0.399 e. The molecular formula is C16H26N2O3. The molecule has 1 aromatic carbocycles. The van der Waals surface area contributed by atoms with Crippen molar-refractivity contribution in [2.24, 2.45) is 0 Å². The Morgan fingerprint density at radius 1 is 1.24 bits per heavy atom. The van der Waals surface area contributed by atoms with Crippen molar-refractivity contribution in [3.8, 4) is 0 Å². The molecule has 0 saturated heterocycles. The first-order valence-corrected chi connectivity index (χ1v) is 7.24. The standard InChI is InChI=1S/C16H26N2O3/c1-16(2,3)21-11-10-20-9-5-8-15(19)18-14-7-4-6-13(17)12-14/h4,6-7,12H,5,8-11,17H2,1-3H3,(H,18,19). The SMILES string of the molecule is CC(C)(C)OCCOCCCC(=O)Nc1cccc(N)c1. The van der Waals surface area contributed by atoms with E-state index < -0.39 is 0 Å². The second-order valence-corrected chi connectivity index (χ2v) is 5.85. The van der Waals surface area contributed by atoms with Gasteiger partial charge in [-0.25, -0.2) is 0 Å². The number of amides is 1. The second-order valence-electron chi connectivity index (χ2n) is 5.85. The van der Waals surface area contributed by atoms with Gasteiger partial charge in [-0.2, -0.15) is 0 Å². The van der Waals surface area contributed by atoms with Gasteiger partial charge in [0.2, 0.25) is 5.91 Å². The van der Waals surface area contributed by atoms with Gasteiger partial charge in [0, 0.05) is 24.4 Å². The van der Waals surface area contributed by atoms with E-state index >= 15 is 0 Å². The normalized spacial score (nSPS) is 11.4. The lowest BCUT2D eigenvalue weighted by Crippen LogP contribution is -2.22. The van der Waals surface area contributed by atoms with E-state index in [4.69, 9.17) is 15.2 Å². The van der Waals surface area contributed by atoms with Crippen molar-refractivity contribution >= 4 is 17.3 Å². The maximum atomic E-state index is 11.7. The van der Waals surface area contributed by atoms with E-state index in [-0.39, 0.29) is 11.5 Å². The minimum Gasteiger partial charge on any atom is -0.399 e. The highest BCUT2D eigenvalue weighted by atomic mass is 16.5. The highest BCUT2D eigenvalue weighted by Crippen LogP contribution is 2.12. The Morgan fingerprint density at radius 2 is 2.00 bits per heavy atom. The number of carbonyl (C=O) groups is 1. The minimum absolute atomic E-state index is 0.0323. The van der Waals surface area contributed by atoms with Crippen LogP contribution >= 0.6 is 0 Å². The Balaban J connectivity index is 2.06. The first kappa shape index (κ1) is 17.5. The molecule has 118 valence electrons. The molecule has 0 fully saturated rings. The number of nitrogens with one attached hydrogen (secondary N) is 1. The number of nitrogens with two attached hydrogens (primary N) is 1. The molecule has 0 saturated carbocycles. The first-order valence-electron chi connectivity index (χ1n) is 7.24. The van der Waals surface area contributed by atoms with Crippen LogP contribution in [0.4, 0.5) is 11.4 Å². The summed E-state index contributed by atoms with van der Waals surface area (Å²) in [6, 6.07) is 7.14. The summed E-state index contributed by atoms with van der Waals surface area (Å²) in [5, 5.41) is 2.81. The van der Waals surface area contributed by atoms with Gasteiger partial charge in [-0.1, -0.05) is 6.07 Å². The van der Waals surface area contributed by atoms with Crippen LogP contribution in [0.5, 0.6) is 0 Å². The molecule has 5 heteroatoms. The molecule has 5 nitrogen and oxygen atoms in total. The Bertz CT molecular complexity index is 441. The van der Waals surface area contributed by atoms with Crippen molar-refractivity contribution in [1.29, 1.82) is 0 Å². The smallest absolute Gasteiger partial charge is 0.224 e. The van der Waals surface area contributed by atoms with Crippen molar-refractivity contribution < 1.29 is 14.3 Å². The van der Waals surface area contributed by atoms with Crippen LogP contribution in [0.15, 0.2) is 24.3 Å². The van der Waals surface area contributed by atoms with Gasteiger partial charge in [-0.3, -0.25) is 4.79 Å². The van der Waals surface area contributed by atoms with Crippen LogP contribution in [0.2, 0.25) is 0 Å². The van der Waals surface area contributed by atoms with Crippen LogP contribution in [0.1, 0.15) is 33.6 Å². The topological polar surface area (TPSA) is 73.6 Å². The molecule has 0 bridgehead atoms. The lowest BCUT2D eigenvalue weighted by Gasteiger charge is -2.19. The fourth-order valence-electron chi connectivity index (χ4n) is 1.68. The third-order valence-corrected chi connectivity index (χ3v) is 2.63. The Morgan fingerprint density at radius 3 is 2.67 bits per heavy atom. The highest BCUT2D eigenvalue weighted by Gasteiger charge is 2.09. The number of nitrogen functional groups attached to an aromatic ring is 1. The predicted octanol–water partition coefficient (Wildman–Crippen LogP) is 2.82. The number of rotatable bonds is 8. The lowest BCUT2D eigenvalue weighted by atomic mass is 10.2. The van der Waals surface area contributed by atoms with E-state index in [1.54, 1.807) is 12.1 Å². The van der Waals surface area contributed by atoms with Gasteiger partial charge in [0.15, 0.2) is 0 Å². The van der Waals surface area contributed by atoms with Crippen molar-refractivity contribution in [2.75, 3.05) is 30.9 Å². The number of ether oxygens (including phenoxy) is 2. The van der Waals surface area contributed by atoms with E-state index in [9.17, 15) is 4.79 Å². The Hall–Kier alpha value is -1.59. The molecule has 0 spiro atoms. The third kappa shape index (κ3) is 9.05. The number of benzene rings is 1. The number of anilines is 2. The molecule has 21 heavy (non-hydrogen) atoms. The zero-order valence-corrected chi connectivity index (χ0v) is 13.1. The van der Waals surface area contributed by atoms with Gasteiger partial charge < -0.3 is 20.5 Å². The van der Waals surface area contributed by atoms with E-state index in [2.05, 4.69) is 5.32 Å². The van der Waals surface area contributed by atoms with Crippen molar-refractivity contribution in [3.63, 3.8) is 0 Å². The van der Waals surface area contributed by atoms with Crippen LogP contribution in [-0.4, -0.2) is 31.3 Å². The predicted molar refractivity (Wildman–Crippen MR) is 85.2 cm³/mol. The van der Waals surface area contributed by atoms with Crippen molar-refractivity contribution in [3.05, 3.63) is 24.3 Å². The van der Waals surface area contributed by atoms with Crippen LogP contribution < -0.4 is 11.1 Å². The third-order valence-electron chi connectivity index (χ3n) is 2.63. The highest BCUT2D eigenvalue weighted by molar-refractivity contribution is 5.91. The van der Waals surface area contributed by atoms with E-state index in [0.29, 0.717) is 38.3 Å². The van der Waals surface area contributed by atoms with E-state index in [0.717, 1.165) is 5.69 Å². The van der Waals surface area contributed by atoms with Gasteiger partial charge in [0.05, 0.1) is 18.8 Å². The van der Waals surface area contributed by atoms with Gasteiger partial charge >= 0.3 is 0 Å². The fraction of sp³-hybridized carbons (Fsp3) is 0.562. The molecule has 1 rings (SSSR count). The molecule has 1 aromatic rings. The Labute approximate surface area is 126 Å². The second kappa shape index (κ2) is 8.64. The lowest BCUT2D eigenvalue weighted by molar-refractivity contribution is -0.116. The van der Waals surface area contributed by atoms with Crippen LogP contribution in [0, 0.1) is 0 Å². The summed E-state index contributed by atoms with van der Waals surface area (Å²) in [7, 11) is 0.